The Hall–Kier alpha value is -3.69. The van der Waals surface area contributed by atoms with Crippen LogP contribution >= 0.6 is 11.8 Å². The summed E-state index contributed by atoms with van der Waals surface area (Å²) in [6.45, 7) is -0.256. The first-order valence-corrected chi connectivity index (χ1v) is 12.0. The number of carbonyl (C=O) groups is 3. The maximum Gasteiger partial charge on any atom is 0.325 e. The number of ether oxygens (including phenoxy) is 3. The van der Waals surface area contributed by atoms with Gasteiger partial charge < -0.3 is 19.5 Å². The number of benzene rings is 3. The lowest BCUT2D eigenvalue weighted by Crippen LogP contribution is -2.43. The number of ketones is 1. The SMILES string of the molecule is O=C1NCOCC(Cc2ccc(OCC(=O)c3ccccc3F)cc2)(C(=O)OCc2ccccc2)S1. The number of halogens is 1. The zero-order chi connectivity index (χ0) is 25.4. The van der Waals surface area contributed by atoms with E-state index in [2.05, 4.69) is 5.32 Å². The Labute approximate surface area is 211 Å². The number of nitrogens with one attached hydrogen (secondary N) is 1. The van der Waals surface area contributed by atoms with Crippen molar-refractivity contribution in [3.63, 3.8) is 0 Å². The van der Waals surface area contributed by atoms with Crippen LogP contribution < -0.4 is 10.1 Å². The van der Waals surface area contributed by atoms with Crippen LogP contribution in [0.2, 0.25) is 0 Å². The lowest BCUT2D eigenvalue weighted by molar-refractivity contribution is -0.149. The van der Waals surface area contributed by atoms with Crippen LogP contribution in [0.4, 0.5) is 9.18 Å². The molecule has 4 rings (SSSR count). The van der Waals surface area contributed by atoms with E-state index in [0.29, 0.717) is 5.75 Å². The average Bonchev–Trinajstić information content (AvgIpc) is 3.09. The highest BCUT2D eigenvalue weighted by Gasteiger charge is 2.45. The van der Waals surface area contributed by atoms with Gasteiger partial charge in [0.25, 0.3) is 5.24 Å². The monoisotopic (exact) mass is 509 g/mol. The molecular weight excluding hydrogens is 485 g/mol. The number of thioether (sulfide) groups is 1. The second kappa shape index (κ2) is 11.8. The molecule has 1 fully saturated rings. The molecule has 186 valence electrons. The second-order valence-electron chi connectivity index (χ2n) is 8.13. The third-order valence-electron chi connectivity index (χ3n) is 5.48. The standard InChI is InChI=1S/C27H24FNO6S/c28-23-9-5-4-8-22(23)24(30)16-34-21-12-10-19(11-13-21)14-27(17-33-18-29-26(32)36-27)25(31)35-15-20-6-2-1-3-7-20/h1-13H,14-18H2,(H,29,32). The molecule has 1 unspecified atom stereocenters. The summed E-state index contributed by atoms with van der Waals surface area (Å²) in [6.07, 6.45) is 0.174. The molecule has 1 aliphatic rings. The van der Waals surface area contributed by atoms with Gasteiger partial charge in [0.2, 0.25) is 5.78 Å². The fourth-order valence-corrected chi connectivity index (χ4v) is 4.64. The van der Waals surface area contributed by atoms with Crippen molar-refractivity contribution in [2.24, 2.45) is 0 Å². The molecule has 0 aromatic heterocycles. The molecule has 0 bridgehead atoms. The summed E-state index contributed by atoms with van der Waals surface area (Å²) in [5.74, 6) is -1.22. The molecule has 1 saturated heterocycles. The molecule has 0 radical (unpaired) electrons. The minimum Gasteiger partial charge on any atom is -0.485 e. The smallest absolute Gasteiger partial charge is 0.325 e. The number of hydrogen-bond acceptors (Lipinski definition) is 7. The normalized spacial score (nSPS) is 17.5. The number of hydrogen-bond donors (Lipinski definition) is 1. The molecule has 1 N–H and O–H groups in total. The molecule has 1 amide bonds. The van der Waals surface area contributed by atoms with Crippen LogP contribution in [0.3, 0.4) is 0 Å². The number of carbonyl (C=O) groups excluding carboxylic acids is 3. The van der Waals surface area contributed by atoms with E-state index in [1.165, 1.54) is 18.2 Å². The summed E-state index contributed by atoms with van der Waals surface area (Å²) in [7, 11) is 0. The van der Waals surface area contributed by atoms with Crippen molar-refractivity contribution in [1.82, 2.24) is 5.32 Å². The second-order valence-corrected chi connectivity index (χ2v) is 9.48. The highest BCUT2D eigenvalue weighted by molar-refractivity contribution is 8.15. The van der Waals surface area contributed by atoms with Crippen LogP contribution in [0.1, 0.15) is 21.5 Å². The predicted octanol–water partition coefficient (Wildman–Crippen LogP) is 4.54. The van der Waals surface area contributed by atoms with Gasteiger partial charge in [0, 0.05) is 6.42 Å². The Morgan fingerprint density at radius 3 is 2.44 bits per heavy atom. The summed E-state index contributed by atoms with van der Waals surface area (Å²) in [5, 5.41) is 2.20. The van der Waals surface area contributed by atoms with E-state index in [9.17, 15) is 18.8 Å². The molecular formula is C27H24FNO6S. The molecule has 36 heavy (non-hydrogen) atoms. The molecule has 0 spiro atoms. The first-order valence-electron chi connectivity index (χ1n) is 11.2. The molecule has 1 atom stereocenters. The van der Waals surface area contributed by atoms with Gasteiger partial charge in [-0.15, -0.1) is 0 Å². The summed E-state index contributed by atoms with van der Waals surface area (Å²) >= 11 is 0.849. The zero-order valence-corrected chi connectivity index (χ0v) is 20.1. The van der Waals surface area contributed by atoms with E-state index < -0.39 is 22.3 Å². The summed E-state index contributed by atoms with van der Waals surface area (Å²) in [5.41, 5.74) is 1.54. The molecule has 3 aromatic rings. The summed E-state index contributed by atoms with van der Waals surface area (Å²) in [4.78, 5) is 37.7. The van der Waals surface area contributed by atoms with E-state index >= 15 is 0 Å². The van der Waals surface area contributed by atoms with E-state index in [-0.39, 0.29) is 43.8 Å². The van der Waals surface area contributed by atoms with Crippen molar-refractivity contribution >= 4 is 28.8 Å². The minimum atomic E-state index is -1.28. The van der Waals surface area contributed by atoms with Gasteiger partial charge in [-0.05, 0) is 47.2 Å². The highest BCUT2D eigenvalue weighted by atomic mass is 32.2. The quantitative estimate of drug-likeness (QED) is 0.334. The van der Waals surface area contributed by atoms with E-state index in [1.54, 1.807) is 30.3 Å². The fourth-order valence-electron chi connectivity index (χ4n) is 3.63. The Morgan fingerprint density at radius 1 is 0.972 bits per heavy atom. The van der Waals surface area contributed by atoms with Crippen LogP contribution in [-0.4, -0.2) is 41.7 Å². The molecule has 1 heterocycles. The van der Waals surface area contributed by atoms with Gasteiger partial charge in [-0.25, -0.2) is 4.39 Å². The molecule has 7 nitrogen and oxygen atoms in total. The minimum absolute atomic E-state index is 0.00234. The maximum absolute atomic E-state index is 13.8. The van der Waals surface area contributed by atoms with Crippen molar-refractivity contribution < 1.29 is 33.0 Å². The maximum atomic E-state index is 13.8. The summed E-state index contributed by atoms with van der Waals surface area (Å²) < 4.78 is 29.1. The average molecular weight is 510 g/mol. The molecule has 9 heteroatoms. The first kappa shape index (κ1) is 25.4. The summed E-state index contributed by atoms with van der Waals surface area (Å²) in [6, 6.07) is 21.8. The fraction of sp³-hybridized carbons (Fsp3) is 0.222. The number of Topliss-reactive ketones (excluding diaryl/α,β-unsaturated/α-hetero) is 1. The molecule has 0 saturated carbocycles. The van der Waals surface area contributed by atoms with Crippen LogP contribution in [0, 0.1) is 5.82 Å². The Balaban J connectivity index is 1.43. The first-order chi connectivity index (χ1) is 17.4. The van der Waals surface area contributed by atoms with E-state index in [0.717, 1.165) is 22.9 Å². The Morgan fingerprint density at radius 2 is 1.69 bits per heavy atom. The molecule has 1 aliphatic heterocycles. The van der Waals surface area contributed by atoms with Crippen LogP contribution in [0.5, 0.6) is 5.75 Å². The Bertz CT molecular complexity index is 1220. The van der Waals surface area contributed by atoms with Crippen molar-refractivity contribution in [2.75, 3.05) is 19.9 Å². The number of esters is 1. The van der Waals surface area contributed by atoms with Crippen LogP contribution in [-0.2, 0) is 27.3 Å². The van der Waals surface area contributed by atoms with Gasteiger partial charge >= 0.3 is 5.97 Å². The number of rotatable bonds is 9. The van der Waals surface area contributed by atoms with Crippen molar-refractivity contribution in [2.45, 2.75) is 17.8 Å². The predicted molar refractivity (Wildman–Crippen MR) is 132 cm³/mol. The van der Waals surface area contributed by atoms with E-state index in [4.69, 9.17) is 14.2 Å². The van der Waals surface area contributed by atoms with Gasteiger partial charge in [0.1, 0.15) is 29.7 Å². The highest BCUT2D eigenvalue weighted by Crippen LogP contribution is 2.34. The van der Waals surface area contributed by atoms with Crippen LogP contribution in [0.25, 0.3) is 0 Å². The lowest BCUT2D eigenvalue weighted by atomic mass is 9.99. The molecule has 3 aromatic carbocycles. The number of amides is 1. The van der Waals surface area contributed by atoms with Crippen molar-refractivity contribution in [3.8, 4) is 5.75 Å². The topological polar surface area (TPSA) is 90.9 Å². The van der Waals surface area contributed by atoms with Crippen molar-refractivity contribution in [1.29, 1.82) is 0 Å². The van der Waals surface area contributed by atoms with Gasteiger partial charge in [0.05, 0.1) is 12.2 Å². The van der Waals surface area contributed by atoms with Gasteiger partial charge in [0.15, 0.2) is 6.61 Å². The largest absolute Gasteiger partial charge is 0.485 e. The zero-order valence-electron chi connectivity index (χ0n) is 19.3. The van der Waals surface area contributed by atoms with Crippen molar-refractivity contribution in [3.05, 3.63) is 101 Å². The third-order valence-corrected chi connectivity index (χ3v) is 6.63. The van der Waals surface area contributed by atoms with Gasteiger partial charge in [-0.1, -0.05) is 54.6 Å². The molecule has 0 aliphatic carbocycles. The lowest BCUT2D eigenvalue weighted by Gasteiger charge is -2.28. The van der Waals surface area contributed by atoms with E-state index in [1.807, 2.05) is 30.3 Å². The van der Waals surface area contributed by atoms with Crippen LogP contribution in [0.15, 0.2) is 78.9 Å². The van der Waals surface area contributed by atoms with Gasteiger partial charge in [-0.2, -0.15) is 0 Å². The Kier molecular flexibility index (Phi) is 8.35. The van der Waals surface area contributed by atoms with Gasteiger partial charge in [-0.3, -0.25) is 14.4 Å². The third kappa shape index (κ3) is 6.50.